The van der Waals surface area contributed by atoms with Crippen LogP contribution >= 0.6 is 0 Å². The largest absolute Gasteiger partial charge is 0.0654 e. The van der Waals surface area contributed by atoms with Crippen molar-refractivity contribution in [1.82, 2.24) is 0 Å². The zero-order valence-corrected chi connectivity index (χ0v) is 33.3. The molecule has 0 saturated heterocycles. The van der Waals surface area contributed by atoms with Gasteiger partial charge in [0, 0.05) is 0 Å². The topological polar surface area (TPSA) is 0 Å². The van der Waals surface area contributed by atoms with Crippen LogP contribution in [0.3, 0.4) is 0 Å². The molecule has 4 unspecified atom stereocenters. The zero-order valence-electron chi connectivity index (χ0n) is 33.3. The summed E-state index contributed by atoms with van der Waals surface area (Å²) < 4.78 is 0. The predicted octanol–water partition coefficient (Wildman–Crippen LogP) is 16.8. The van der Waals surface area contributed by atoms with Gasteiger partial charge in [0.05, 0.1) is 0 Å². The summed E-state index contributed by atoms with van der Waals surface area (Å²) in [5.41, 5.74) is 0. The lowest BCUT2D eigenvalue weighted by atomic mass is 9.86. The zero-order chi connectivity index (χ0) is 33.3. The van der Waals surface area contributed by atoms with E-state index in [9.17, 15) is 0 Å². The fourth-order valence-corrected chi connectivity index (χ4v) is 6.98. The fraction of sp³-hybridized carbons (Fsp3) is 1.00. The van der Waals surface area contributed by atoms with Crippen LogP contribution in [0.15, 0.2) is 0 Å². The lowest BCUT2D eigenvalue weighted by Gasteiger charge is -2.20. The molecule has 0 rings (SSSR count). The first kappa shape index (κ1) is 46.1. The van der Waals surface area contributed by atoms with E-state index < -0.39 is 0 Å². The Balaban J connectivity index is 0. The SMILES string of the molecule is CCCCCCCCCCC(C)CC(CC)CCCC(C)C.CCCCCCCCCCC(C)CCC(C)CCCC(C)C. The molecule has 0 saturated carbocycles. The van der Waals surface area contributed by atoms with Gasteiger partial charge in [0.15, 0.2) is 0 Å². The van der Waals surface area contributed by atoms with Gasteiger partial charge >= 0.3 is 0 Å². The van der Waals surface area contributed by atoms with Gasteiger partial charge in [-0.2, -0.15) is 0 Å². The fourth-order valence-electron chi connectivity index (χ4n) is 6.98. The van der Waals surface area contributed by atoms with E-state index >= 15 is 0 Å². The first-order valence-electron chi connectivity index (χ1n) is 21.2. The van der Waals surface area contributed by atoms with E-state index in [0.717, 1.165) is 35.5 Å². The van der Waals surface area contributed by atoms with Crippen molar-refractivity contribution in [3.8, 4) is 0 Å². The van der Waals surface area contributed by atoms with Gasteiger partial charge in [-0.15, -0.1) is 0 Å². The van der Waals surface area contributed by atoms with Crippen LogP contribution < -0.4 is 0 Å². The minimum absolute atomic E-state index is 0.882. The van der Waals surface area contributed by atoms with Crippen molar-refractivity contribution in [2.24, 2.45) is 35.5 Å². The summed E-state index contributed by atoms with van der Waals surface area (Å²) >= 11 is 0. The van der Waals surface area contributed by atoms with E-state index in [1.807, 2.05) is 0 Å². The summed E-state index contributed by atoms with van der Waals surface area (Å²) in [6.45, 7) is 23.8. The summed E-state index contributed by atoms with van der Waals surface area (Å²) in [6, 6.07) is 0. The molecule has 0 aromatic rings. The van der Waals surface area contributed by atoms with Gasteiger partial charge in [-0.05, 0) is 41.9 Å². The minimum atomic E-state index is 0.882. The van der Waals surface area contributed by atoms with Crippen molar-refractivity contribution in [2.45, 2.75) is 249 Å². The molecule has 0 aliphatic rings. The average molecular weight is 621 g/mol. The predicted molar refractivity (Wildman–Crippen MR) is 207 cm³/mol. The lowest BCUT2D eigenvalue weighted by molar-refractivity contribution is 0.325. The first-order chi connectivity index (χ1) is 21.2. The van der Waals surface area contributed by atoms with Gasteiger partial charge in [-0.25, -0.2) is 0 Å². The van der Waals surface area contributed by atoms with Gasteiger partial charge in [0.25, 0.3) is 0 Å². The smallest absolute Gasteiger partial charge is 0.0414 e. The van der Waals surface area contributed by atoms with E-state index in [2.05, 4.69) is 69.2 Å². The maximum Gasteiger partial charge on any atom is -0.0414 e. The van der Waals surface area contributed by atoms with Gasteiger partial charge in [0.2, 0.25) is 0 Å². The molecule has 0 radical (unpaired) electrons. The molecular weight excluding hydrogens is 528 g/mol. The number of unbranched alkanes of at least 4 members (excludes halogenated alkanes) is 14. The second-order valence-electron chi connectivity index (χ2n) is 16.6. The van der Waals surface area contributed by atoms with Crippen LogP contribution in [0.4, 0.5) is 0 Å². The quantitative estimate of drug-likeness (QED) is 0.0656. The molecule has 0 aromatic carbocycles. The van der Waals surface area contributed by atoms with E-state index in [4.69, 9.17) is 0 Å². The van der Waals surface area contributed by atoms with Crippen molar-refractivity contribution in [2.75, 3.05) is 0 Å². The van der Waals surface area contributed by atoms with E-state index in [1.54, 1.807) is 0 Å². The Morgan fingerprint density at radius 2 is 0.636 bits per heavy atom. The highest BCUT2D eigenvalue weighted by Gasteiger charge is 2.12. The normalized spacial score (nSPS) is 14.5. The molecule has 0 aliphatic heterocycles. The third-order valence-electron chi connectivity index (χ3n) is 10.4. The highest BCUT2D eigenvalue weighted by molar-refractivity contribution is 4.64. The second kappa shape index (κ2) is 35.8. The molecule has 0 nitrogen and oxygen atoms in total. The molecular formula is C44H92. The molecule has 0 heteroatoms. The summed E-state index contributed by atoms with van der Waals surface area (Å²) in [5.74, 6) is 5.60. The number of hydrogen-bond donors (Lipinski definition) is 0. The molecule has 0 aliphatic carbocycles. The molecule has 0 heterocycles. The van der Waals surface area contributed by atoms with Crippen molar-refractivity contribution >= 4 is 0 Å². The molecule has 268 valence electrons. The highest BCUT2D eigenvalue weighted by Crippen LogP contribution is 2.26. The van der Waals surface area contributed by atoms with E-state index in [-0.39, 0.29) is 0 Å². The maximum atomic E-state index is 2.49. The van der Waals surface area contributed by atoms with Crippen LogP contribution in [-0.2, 0) is 0 Å². The monoisotopic (exact) mass is 621 g/mol. The molecule has 4 atom stereocenters. The van der Waals surface area contributed by atoms with Gasteiger partial charge in [-0.1, -0.05) is 243 Å². The first-order valence-corrected chi connectivity index (χ1v) is 21.2. The van der Waals surface area contributed by atoms with Gasteiger partial charge < -0.3 is 0 Å². The van der Waals surface area contributed by atoms with E-state index in [0.29, 0.717) is 0 Å². The van der Waals surface area contributed by atoms with Crippen LogP contribution in [-0.4, -0.2) is 0 Å². The Morgan fingerprint density at radius 1 is 0.295 bits per heavy atom. The Morgan fingerprint density at radius 3 is 1.02 bits per heavy atom. The Bertz CT molecular complexity index is 504. The Kier molecular flexibility index (Phi) is 37.6. The number of hydrogen-bond acceptors (Lipinski definition) is 0. The van der Waals surface area contributed by atoms with Crippen molar-refractivity contribution < 1.29 is 0 Å². The molecule has 0 N–H and O–H groups in total. The summed E-state index contributed by atoms with van der Waals surface area (Å²) in [5, 5.41) is 0. The van der Waals surface area contributed by atoms with Crippen LogP contribution in [0.2, 0.25) is 0 Å². The molecule has 0 aromatic heterocycles. The Labute approximate surface area is 283 Å². The third kappa shape index (κ3) is 38.2. The van der Waals surface area contributed by atoms with Gasteiger partial charge in [0.1, 0.15) is 0 Å². The van der Waals surface area contributed by atoms with Crippen LogP contribution in [0, 0.1) is 35.5 Å². The van der Waals surface area contributed by atoms with Crippen molar-refractivity contribution in [1.29, 1.82) is 0 Å². The molecule has 0 spiro atoms. The van der Waals surface area contributed by atoms with E-state index in [1.165, 1.54) is 180 Å². The maximum absolute atomic E-state index is 2.49. The van der Waals surface area contributed by atoms with Crippen LogP contribution in [0.25, 0.3) is 0 Å². The van der Waals surface area contributed by atoms with Crippen LogP contribution in [0.1, 0.15) is 249 Å². The van der Waals surface area contributed by atoms with Crippen LogP contribution in [0.5, 0.6) is 0 Å². The molecule has 0 amide bonds. The highest BCUT2D eigenvalue weighted by atomic mass is 14.2. The summed E-state index contributed by atoms with van der Waals surface area (Å²) in [7, 11) is 0. The third-order valence-corrected chi connectivity index (χ3v) is 10.4. The average Bonchev–Trinajstić information content (AvgIpc) is 2.98. The lowest BCUT2D eigenvalue weighted by Crippen LogP contribution is -2.06. The summed E-state index contributed by atoms with van der Waals surface area (Å²) in [6.07, 6.45) is 40.6. The minimum Gasteiger partial charge on any atom is -0.0654 e. The van der Waals surface area contributed by atoms with Gasteiger partial charge in [-0.3, -0.25) is 0 Å². The number of rotatable bonds is 32. The standard InChI is InChI=1S/2C22H46/c1-6-7-8-9-10-11-12-13-16-21(4)18-19-22(5)17-14-15-20(2)3;1-6-8-9-10-11-12-13-14-17-21(5)19-22(7-2)18-15-16-20(3)4/h2*20-22H,6-19H2,1-5H3. The summed E-state index contributed by atoms with van der Waals surface area (Å²) in [4.78, 5) is 0. The molecule has 0 bridgehead atoms. The molecule has 44 heavy (non-hydrogen) atoms. The Hall–Kier alpha value is 0. The second-order valence-corrected chi connectivity index (χ2v) is 16.6. The molecule has 0 fully saturated rings. The van der Waals surface area contributed by atoms with Crippen molar-refractivity contribution in [3.63, 3.8) is 0 Å². The van der Waals surface area contributed by atoms with Crippen molar-refractivity contribution in [3.05, 3.63) is 0 Å².